The van der Waals surface area contributed by atoms with Gasteiger partial charge in [-0.1, -0.05) is 325 Å². The van der Waals surface area contributed by atoms with E-state index < -0.39 is 97.5 Å². The van der Waals surface area contributed by atoms with E-state index in [1.807, 2.05) is 0 Å². The molecule has 0 aromatic heterocycles. The number of carbonyl (C=O) groups excluding carboxylic acids is 4. The van der Waals surface area contributed by atoms with Crippen molar-refractivity contribution >= 4 is 39.5 Å². The first kappa shape index (κ1) is 92.1. The van der Waals surface area contributed by atoms with Crippen molar-refractivity contribution in [1.29, 1.82) is 0 Å². The van der Waals surface area contributed by atoms with Crippen LogP contribution in [0.4, 0.5) is 0 Å². The molecular weight excluding hydrogens is 1230 g/mol. The maximum atomic E-state index is 13.1. The van der Waals surface area contributed by atoms with Crippen LogP contribution in [0.25, 0.3) is 0 Å². The molecule has 558 valence electrons. The fraction of sp³-hybridized carbons (Fsp3) is 0.947. The summed E-state index contributed by atoms with van der Waals surface area (Å²) in [5.74, 6) is 0.953. The predicted molar refractivity (Wildman–Crippen MR) is 381 cm³/mol. The van der Waals surface area contributed by atoms with E-state index in [9.17, 15) is 43.2 Å². The molecule has 0 aromatic rings. The number of hydrogen-bond acceptors (Lipinski definition) is 15. The number of ether oxygens (including phenoxy) is 4. The molecule has 19 heteroatoms. The monoisotopic (exact) mass is 1380 g/mol. The standard InChI is InChI=1S/C75H146O17P2/c1-9-67(7)53-45-37-29-25-26-32-42-50-58-75(80)92-71(62-86-73(78)56-48-40-34-33-38-46-54-68(8)10-2)64-90-94(83,84)88-60-69(76)59-87-93(81,82)89-63-70(61-85-72(77)55-47-39-30-23-19-16-15-18-22-28-36-44-52-66(5)6)91-74(79)57-49-41-31-24-20-14-12-11-13-17-21-27-35-43-51-65(3)4/h65-71,76H,9-64H2,1-8H3,(H,81,82)(H,83,84)/t67?,68?,69-,70-,71-/m1/s1. The molecule has 0 saturated carbocycles. The molecule has 0 amide bonds. The van der Waals surface area contributed by atoms with Crippen molar-refractivity contribution in [2.75, 3.05) is 39.6 Å². The van der Waals surface area contributed by atoms with E-state index >= 15 is 0 Å². The highest BCUT2D eigenvalue weighted by Crippen LogP contribution is 2.45. The third kappa shape index (κ3) is 66.0. The molecule has 0 aromatic carbocycles. The molecule has 3 N–H and O–H groups in total. The summed E-state index contributed by atoms with van der Waals surface area (Å²) in [6, 6.07) is 0. The van der Waals surface area contributed by atoms with Crippen LogP contribution in [-0.2, 0) is 65.4 Å². The second-order valence-corrected chi connectivity index (χ2v) is 31.4. The van der Waals surface area contributed by atoms with Gasteiger partial charge >= 0.3 is 39.5 Å². The normalized spacial score (nSPS) is 14.7. The van der Waals surface area contributed by atoms with Gasteiger partial charge in [0, 0.05) is 25.7 Å². The summed E-state index contributed by atoms with van der Waals surface area (Å²) in [6.07, 6.45) is 48.5. The first-order valence-corrected chi connectivity index (χ1v) is 41.8. The summed E-state index contributed by atoms with van der Waals surface area (Å²) in [5.41, 5.74) is 0. The third-order valence-electron chi connectivity index (χ3n) is 18.0. The highest BCUT2D eigenvalue weighted by molar-refractivity contribution is 7.47. The van der Waals surface area contributed by atoms with E-state index in [1.54, 1.807) is 0 Å². The van der Waals surface area contributed by atoms with Crippen molar-refractivity contribution in [3.8, 4) is 0 Å². The van der Waals surface area contributed by atoms with Gasteiger partial charge in [0.2, 0.25) is 0 Å². The Morgan fingerprint density at radius 1 is 0.298 bits per heavy atom. The zero-order valence-electron chi connectivity index (χ0n) is 61.6. The van der Waals surface area contributed by atoms with Gasteiger partial charge < -0.3 is 33.8 Å². The van der Waals surface area contributed by atoms with E-state index in [0.717, 1.165) is 120 Å². The Balaban J connectivity index is 5.26. The van der Waals surface area contributed by atoms with Crippen molar-refractivity contribution in [3.05, 3.63) is 0 Å². The van der Waals surface area contributed by atoms with Crippen LogP contribution in [0.5, 0.6) is 0 Å². The number of hydrogen-bond donors (Lipinski definition) is 3. The molecule has 4 unspecified atom stereocenters. The van der Waals surface area contributed by atoms with Crippen LogP contribution in [0.15, 0.2) is 0 Å². The molecule has 0 bridgehead atoms. The highest BCUT2D eigenvalue weighted by Gasteiger charge is 2.30. The number of phosphoric ester groups is 2. The van der Waals surface area contributed by atoms with E-state index in [2.05, 4.69) is 55.4 Å². The Kier molecular flexibility index (Phi) is 63.1. The van der Waals surface area contributed by atoms with Crippen LogP contribution in [0.1, 0.15) is 376 Å². The second-order valence-electron chi connectivity index (χ2n) is 28.5. The summed E-state index contributed by atoms with van der Waals surface area (Å²) in [6.45, 7) is 14.2. The number of esters is 4. The average Bonchev–Trinajstić information content (AvgIpc) is 2.18. The first-order valence-electron chi connectivity index (χ1n) is 38.8. The smallest absolute Gasteiger partial charge is 0.462 e. The van der Waals surface area contributed by atoms with Crippen molar-refractivity contribution in [1.82, 2.24) is 0 Å². The lowest BCUT2D eigenvalue weighted by Gasteiger charge is -2.21. The molecule has 0 fully saturated rings. The fourth-order valence-electron chi connectivity index (χ4n) is 11.3. The Bertz CT molecular complexity index is 1850. The van der Waals surface area contributed by atoms with Gasteiger partial charge in [-0.2, -0.15) is 0 Å². The molecule has 0 aliphatic carbocycles. The van der Waals surface area contributed by atoms with Gasteiger partial charge in [-0.25, -0.2) is 9.13 Å². The van der Waals surface area contributed by atoms with Crippen LogP contribution in [0.3, 0.4) is 0 Å². The molecule has 7 atom stereocenters. The Morgan fingerprint density at radius 3 is 0.755 bits per heavy atom. The predicted octanol–water partition coefficient (Wildman–Crippen LogP) is 21.7. The lowest BCUT2D eigenvalue weighted by molar-refractivity contribution is -0.161. The van der Waals surface area contributed by atoms with Gasteiger partial charge in [-0.05, 0) is 49.4 Å². The van der Waals surface area contributed by atoms with Gasteiger partial charge in [-0.3, -0.25) is 37.3 Å². The molecule has 0 spiro atoms. The van der Waals surface area contributed by atoms with Crippen molar-refractivity contribution in [3.63, 3.8) is 0 Å². The van der Waals surface area contributed by atoms with Crippen LogP contribution >= 0.6 is 15.6 Å². The fourth-order valence-corrected chi connectivity index (χ4v) is 12.9. The van der Waals surface area contributed by atoms with E-state index in [0.29, 0.717) is 25.7 Å². The Hall–Kier alpha value is -1.94. The highest BCUT2D eigenvalue weighted by atomic mass is 31.2. The minimum atomic E-state index is -4.96. The Morgan fingerprint density at radius 2 is 0.511 bits per heavy atom. The quantitative estimate of drug-likeness (QED) is 0.0222. The lowest BCUT2D eigenvalue weighted by atomic mass is 9.99. The maximum Gasteiger partial charge on any atom is 0.472 e. The van der Waals surface area contributed by atoms with Gasteiger partial charge in [0.1, 0.15) is 19.3 Å². The van der Waals surface area contributed by atoms with Gasteiger partial charge in [0.05, 0.1) is 26.4 Å². The maximum absolute atomic E-state index is 13.1. The van der Waals surface area contributed by atoms with Crippen molar-refractivity contribution in [2.45, 2.75) is 395 Å². The second kappa shape index (κ2) is 64.4. The van der Waals surface area contributed by atoms with Gasteiger partial charge in [-0.15, -0.1) is 0 Å². The number of carbonyl (C=O) groups is 4. The van der Waals surface area contributed by atoms with Crippen molar-refractivity contribution < 1.29 is 80.2 Å². The largest absolute Gasteiger partial charge is 0.472 e. The van der Waals surface area contributed by atoms with Crippen molar-refractivity contribution in [2.24, 2.45) is 23.7 Å². The zero-order valence-corrected chi connectivity index (χ0v) is 63.4. The van der Waals surface area contributed by atoms with Crippen LogP contribution in [-0.4, -0.2) is 96.7 Å². The van der Waals surface area contributed by atoms with Crippen LogP contribution in [0.2, 0.25) is 0 Å². The number of rotatable bonds is 72. The van der Waals surface area contributed by atoms with E-state index in [-0.39, 0.29) is 25.7 Å². The topological polar surface area (TPSA) is 237 Å². The van der Waals surface area contributed by atoms with Gasteiger partial charge in [0.15, 0.2) is 12.2 Å². The number of phosphoric acid groups is 2. The number of unbranched alkanes of at least 4 members (excludes halogenated alkanes) is 36. The number of aliphatic hydroxyl groups excluding tert-OH is 1. The minimum Gasteiger partial charge on any atom is -0.462 e. The summed E-state index contributed by atoms with van der Waals surface area (Å²) < 4.78 is 68.5. The Labute approximate surface area is 575 Å². The molecule has 0 aliphatic rings. The summed E-state index contributed by atoms with van der Waals surface area (Å²) in [5, 5.41) is 10.6. The first-order chi connectivity index (χ1) is 45.2. The van der Waals surface area contributed by atoms with E-state index in [4.69, 9.17) is 37.0 Å². The molecule has 0 heterocycles. The molecule has 0 saturated heterocycles. The third-order valence-corrected chi connectivity index (χ3v) is 19.9. The summed E-state index contributed by atoms with van der Waals surface area (Å²) in [7, 11) is -9.91. The number of aliphatic hydroxyl groups is 1. The molecule has 0 radical (unpaired) electrons. The molecular formula is C75H146O17P2. The minimum absolute atomic E-state index is 0.104. The SMILES string of the molecule is CCC(C)CCCCCCCCCCC(=O)O[C@H](COC(=O)CCCCCCCCC(C)CC)COP(=O)(O)OC[C@H](O)COP(=O)(O)OC[C@@H](COC(=O)CCCCCCCCCCCCCCC(C)C)OC(=O)CCCCCCCCCCCCCCCCC(C)C. The van der Waals surface area contributed by atoms with E-state index in [1.165, 1.54) is 173 Å². The molecule has 94 heavy (non-hydrogen) atoms. The average molecular weight is 1380 g/mol. The zero-order chi connectivity index (χ0) is 69.6. The molecule has 0 rings (SSSR count). The lowest BCUT2D eigenvalue weighted by Crippen LogP contribution is -2.30. The van der Waals surface area contributed by atoms with Gasteiger partial charge in [0.25, 0.3) is 0 Å². The van der Waals surface area contributed by atoms with Crippen LogP contribution < -0.4 is 0 Å². The van der Waals surface area contributed by atoms with Crippen LogP contribution in [0, 0.1) is 23.7 Å². The summed E-state index contributed by atoms with van der Waals surface area (Å²) in [4.78, 5) is 72.8. The molecule has 17 nitrogen and oxygen atoms in total. The summed E-state index contributed by atoms with van der Waals surface area (Å²) >= 11 is 0. The molecule has 0 aliphatic heterocycles.